The van der Waals surface area contributed by atoms with E-state index in [0.717, 1.165) is 29.7 Å². The van der Waals surface area contributed by atoms with Gasteiger partial charge in [-0.15, -0.1) is 0 Å². The van der Waals surface area contributed by atoms with Crippen LogP contribution < -0.4 is 0 Å². The fourth-order valence-corrected chi connectivity index (χ4v) is 4.42. The van der Waals surface area contributed by atoms with Crippen LogP contribution in [-0.2, 0) is 6.42 Å². The van der Waals surface area contributed by atoms with Gasteiger partial charge in [0.05, 0.1) is 17.7 Å². The van der Waals surface area contributed by atoms with E-state index in [2.05, 4.69) is 11.6 Å². The first kappa shape index (κ1) is 24.3. The zero-order chi connectivity index (χ0) is 25.9. The number of imidazole rings is 1. The van der Waals surface area contributed by atoms with Crippen LogP contribution in [0.5, 0.6) is 0 Å². The minimum absolute atomic E-state index is 0.130. The Morgan fingerprint density at radius 3 is 2.43 bits per heavy atom. The molecule has 2 aromatic heterocycles. The van der Waals surface area contributed by atoms with E-state index >= 15 is 0 Å². The van der Waals surface area contributed by atoms with Crippen molar-refractivity contribution in [1.29, 1.82) is 0 Å². The average molecular weight is 494 g/mol. The molecule has 2 heterocycles. The monoisotopic (exact) mass is 493 g/mol. The molecule has 0 unspecified atom stereocenters. The molecule has 0 spiro atoms. The molecule has 5 rings (SSSR count). The number of hydrogen-bond donors (Lipinski definition) is 0. The molecular formula is C31H25F2N3O. The summed E-state index contributed by atoms with van der Waals surface area (Å²) in [5.41, 5.74) is 6.37. The van der Waals surface area contributed by atoms with E-state index in [1.54, 1.807) is 24.5 Å². The summed E-state index contributed by atoms with van der Waals surface area (Å²) in [5, 5.41) is 0. The van der Waals surface area contributed by atoms with E-state index in [4.69, 9.17) is 4.98 Å². The summed E-state index contributed by atoms with van der Waals surface area (Å²) in [6.45, 7) is 6.03. The first-order valence-corrected chi connectivity index (χ1v) is 12.1. The zero-order valence-corrected chi connectivity index (χ0v) is 20.4. The highest BCUT2D eigenvalue weighted by Gasteiger charge is 2.19. The van der Waals surface area contributed by atoms with Crippen molar-refractivity contribution in [3.8, 4) is 11.4 Å². The third kappa shape index (κ3) is 5.38. The van der Waals surface area contributed by atoms with Crippen molar-refractivity contribution in [3.63, 3.8) is 0 Å². The standard InChI is InChI=1S/C31H25F2N3O/c1-20(22-6-3-8-24(32)16-22)14-26(15-21(2)23-7-4-9-25(33)17-23)36-18-30(34-19-36)29-13-12-27-28(35-29)10-5-11-31(27)37/h3-4,6-9,12-19H,1,5,10-11H2,2H3/b21-15+,26-14+. The second-order valence-corrected chi connectivity index (χ2v) is 9.08. The van der Waals surface area contributed by atoms with Gasteiger partial charge in [0.15, 0.2) is 5.78 Å². The van der Waals surface area contributed by atoms with Crippen molar-refractivity contribution in [1.82, 2.24) is 14.5 Å². The summed E-state index contributed by atoms with van der Waals surface area (Å²) in [6.07, 6.45) is 9.38. The first-order chi connectivity index (χ1) is 17.9. The minimum atomic E-state index is -0.345. The molecule has 2 aromatic carbocycles. The molecule has 0 radical (unpaired) electrons. The summed E-state index contributed by atoms with van der Waals surface area (Å²) >= 11 is 0. The number of nitrogens with zero attached hydrogens (tertiary/aromatic N) is 3. The van der Waals surface area contributed by atoms with Gasteiger partial charge in [0.1, 0.15) is 17.3 Å². The third-order valence-corrected chi connectivity index (χ3v) is 6.40. The highest BCUT2D eigenvalue weighted by atomic mass is 19.1. The number of benzene rings is 2. The van der Waals surface area contributed by atoms with Gasteiger partial charge in [0.2, 0.25) is 0 Å². The van der Waals surface area contributed by atoms with Gasteiger partial charge in [-0.2, -0.15) is 0 Å². The number of allylic oxidation sites excluding steroid dienone is 5. The first-order valence-electron chi connectivity index (χ1n) is 12.1. The van der Waals surface area contributed by atoms with Crippen molar-refractivity contribution in [2.24, 2.45) is 0 Å². The smallest absolute Gasteiger partial charge is 0.164 e. The Hall–Kier alpha value is -4.45. The van der Waals surface area contributed by atoms with Crippen LogP contribution >= 0.6 is 0 Å². The van der Waals surface area contributed by atoms with Gasteiger partial charge in [0.25, 0.3) is 0 Å². The Morgan fingerprint density at radius 1 is 0.946 bits per heavy atom. The fourth-order valence-electron chi connectivity index (χ4n) is 4.42. The molecule has 0 saturated carbocycles. The molecule has 37 heavy (non-hydrogen) atoms. The lowest BCUT2D eigenvalue weighted by molar-refractivity contribution is 0.0971. The molecule has 1 aliphatic carbocycles. The zero-order valence-electron chi connectivity index (χ0n) is 20.4. The predicted molar refractivity (Wildman–Crippen MR) is 142 cm³/mol. The Balaban J connectivity index is 1.54. The molecule has 0 amide bonds. The van der Waals surface area contributed by atoms with E-state index in [1.165, 1.54) is 24.3 Å². The van der Waals surface area contributed by atoms with E-state index in [1.807, 2.05) is 48.0 Å². The molecule has 6 heteroatoms. The average Bonchev–Trinajstić information content (AvgIpc) is 3.38. The number of aryl methyl sites for hydroxylation is 1. The summed E-state index contributed by atoms with van der Waals surface area (Å²) < 4.78 is 29.5. The van der Waals surface area contributed by atoms with E-state index in [-0.39, 0.29) is 17.4 Å². The van der Waals surface area contributed by atoms with Crippen molar-refractivity contribution >= 4 is 22.6 Å². The second-order valence-electron chi connectivity index (χ2n) is 9.08. The second kappa shape index (κ2) is 10.3. The Bertz CT molecular complexity index is 1580. The van der Waals surface area contributed by atoms with Crippen LogP contribution in [0.25, 0.3) is 28.2 Å². The Labute approximate surface area is 214 Å². The van der Waals surface area contributed by atoms with Gasteiger partial charge in [-0.1, -0.05) is 30.8 Å². The van der Waals surface area contributed by atoms with Crippen LogP contribution in [0.15, 0.2) is 91.9 Å². The lowest BCUT2D eigenvalue weighted by atomic mass is 9.94. The molecular weight excluding hydrogens is 468 g/mol. The number of carbonyl (C=O) groups is 1. The number of carbonyl (C=O) groups excluding carboxylic acids is 1. The molecule has 184 valence electrons. The maximum atomic E-state index is 13.9. The van der Waals surface area contributed by atoms with Crippen LogP contribution in [0.4, 0.5) is 8.78 Å². The number of hydrogen-bond acceptors (Lipinski definition) is 3. The molecule has 4 nitrogen and oxygen atoms in total. The molecule has 0 fully saturated rings. The molecule has 1 aliphatic rings. The van der Waals surface area contributed by atoms with Crippen LogP contribution in [0.2, 0.25) is 0 Å². The van der Waals surface area contributed by atoms with Gasteiger partial charge in [-0.3, -0.25) is 9.78 Å². The van der Waals surface area contributed by atoms with Crippen molar-refractivity contribution in [2.45, 2.75) is 26.2 Å². The number of ketones is 1. The third-order valence-electron chi connectivity index (χ3n) is 6.40. The Kier molecular flexibility index (Phi) is 6.73. The van der Waals surface area contributed by atoms with Crippen molar-refractivity contribution in [3.05, 3.63) is 126 Å². The highest BCUT2D eigenvalue weighted by Crippen LogP contribution is 2.27. The van der Waals surface area contributed by atoms with E-state index in [9.17, 15) is 13.6 Å². The largest absolute Gasteiger partial charge is 0.306 e. The van der Waals surface area contributed by atoms with Crippen LogP contribution in [0.1, 0.15) is 46.9 Å². The molecule has 0 bridgehead atoms. The van der Waals surface area contributed by atoms with Gasteiger partial charge in [-0.25, -0.2) is 13.8 Å². The van der Waals surface area contributed by atoms with Crippen molar-refractivity contribution in [2.75, 3.05) is 0 Å². The maximum Gasteiger partial charge on any atom is 0.164 e. The maximum absolute atomic E-state index is 13.9. The number of Topliss-reactive ketones (excluding diaryl/α,β-unsaturated/α-hetero) is 1. The Morgan fingerprint density at radius 2 is 1.68 bits per heavy atom. The number of fused-ring (bicyclic) bond motifs is 1. The number of aromatic nitrogens is 3. The number of pyridine rings is 1. The summed E-state index contributed by atoms with van der Waals surface area (Å²) in [4.78, 5) is 21.4. The van der Waals surface area contributed by atoms with Gasteiger partial charge in [0, 0.05) is 23.9 Å². The summed E-state index contributed by atoms with van der Waals surface area (Å²) in [5.74, 6) is -0.534. The fraction of sp³-hybridized carbons (Fsp3) is 0.129. The lowest BCUT2D eigenvalue weighted by Gasteiger charge is -2.13. The molecule has 0 aliphatic heterocycles. The van der Waals surface area contributed by atoms with Crippen LogP contribution in [0, 0.1) is 11.6 Å². The molecule has 0 saturated heterocycles. The topological polar surface area (TPSA) is 47.8 Å². The normalized spacial score (nSPS) is 14.0. The van der Waals surface area contributed by atoms with E-state index in [0.29, 0.717) is 40.2 Å². The molecule has 0 N–H and O–H groups in total. The quantitative estimate of drug-likeness (QED) is 0.263. The van der Waals surface area contributed by atoms with Gasteiger partial charge in [-0.05, 0) is 90.6 Å². The van der Waals surface area contributed by atoms with Crippen molar-refractivity contribution < 1.29 is 13.6 Å². The summed E-state index contributed by atoms with van der Waals surface area (Å²) in [6, 6.07) is 16.3. The predicted octanol–water partition coefficient (Wildman–Crippen LogP) is 7.40. The van der Waals surface area contributed by atoms with Crippen LogP contribution in [0.3, 0.4) is 0 Å². The number of rotatable bonds is 6. The minimum Gasteiger partial charge on any atom is -0.306 e. The van der Waals surface area contributed by atoms with Gasteiger partial charge < -0.3 is 4.57 Å². The molecule has 0 atom stereocenters. The number of halogens is 2. The summed E-state index contributed by atoms with van der Waals surface area (Å²) in [7, 11) is 0. The van der Waals surface area contributed by atoms with E-state index < -0.39 is 0 Å². The lowest BCUT2D eigenvalue weighted by Crippen LogP contribution is -2.12. The van der Waals surface area contributed by atoms with Gasteiger partial charge >= 0.3 is 0 Å². The SMILES string of the molecule is C=C(/C=C(\C=C(/C)c1cccc(F)c1)n1cnc(-c2ccc3c(n2)CCCC3=O)c1)c1cccc(F)c1. The van der Waals surface area contributed by atoms with Crippen LogP contribution in [-0.4, -0.2) is 20.3 Å². The molecule has 4 aromatic rings. The highest BCUT2D eigenvalue weighted by molar-refractivity contribution is 5.98.